The molecule has 0 radical (unpaired) electrons. The van der Waals surface area contributed by atoms with Gasteiger partial charge in [0.1, 0.15) is 0 Å². The number of hydrogen-bond donors (Lipinski definition) is 1. The second-order valence-electron chi connectivity index (χ2n) is 8.07. The van der Waals surface area contributed by atoms with E-state index in [-0.39, 0.29) is 21.4 Å². The summed E-state index contributed by atoms with van der Waals surface area (Å²) in [6, 6.07) is 12.7. The van der Waals surface area contributed by atoms with Gasteiger partial charge in [0.05, 0.1) is 15.5 Å². The van der Waals surface area contributed by atoms with Crippen LogP contribution in [0.5, 0.6) is 0 Å². The molecule has 2 aromatic carbocycles. The Morgan fingerprint density at radius 1 is 1.13 bits per heavy atom. The van der Waals surface area contributed by atoms with Gasteiger partial charge in [-0.3, -0.25) is 4.79 Å². The van der Waals surface area contributed by atoms with Gasteiger partial charge in [-0.15, -0.1) is 0 Å². The Morgan fingerprint density at radius 3 is 2.47 bits per heavy atom. The fourth-order valence-corrected chi connectivity index (χ4v) is 5.26. The summed E-state index contributed by atoms with van der Waals surface area (Å²) in [5, 5.41) is 3.10. The van der Waals surface area contributed by atoms with Gasteiger partial charge >= 0.3 is 0 Å². The van der Waals surface area contributed by atoms with Gasteiger partial charge in [-0.05, 0) is 62.3 Å². The van der Waals surface area contributed by atoms with E-state index in [0.717, 1.165) is 25.7 Å². The second-order valence-corrected chi connectivity index (χ2v) is 10.4. The molecule has 1 fully saturated rings. The number of nitrogens with zero attached hydrogens (tertiary/aromatic N) is 1. The molecule has 5 nitrogen and oxygen atoms in total. The molecule has 1 saturated heterocycles. The third kappa shape index (κ3) is 5.62. The van der Waals surface area contributed by atoms with Gasteiger partial charge in [-0.25, -0.2) is 8.42 Å². The molecule has 1 aliphatic rings. The van der Waals surface area contributed by atoms with E-state index in [9.17, 15) is 13.2 Å². The van der Waals surface area contributed by atoms with Crippen molar-refractivity contribution in [3.05, 3.63) is 64.2 Å². The number of hydrogen-bond acceptors (Lipinski definition) is 3. The van der Waals surface area contributed by atoms with E-state index in [1.54, 1.807) is 0 Å². The maximum atomic E-state index is 13.0. The first-order valence-corrected chi connectivity index (χ1v) is 12.2. The summed E-state index contributed by atoms with van der Waals surface area (Å²) in [6.07, 6.45) is 3.34. The largest absolute Gasteiger partial charge is 0.352 e. The Morgan fingerprint density at radius 2 is 1.80 bits per heavy atom. The van der Waals surface area contributed by atoms with Gasteiger partial charge in [-0.1, -0.05) is 48.4 Å². The van der Waals surface area contributed by atoms with E-state index in [0.29, 0.717) is 25.6 Å². The quantitative estimate of drug-likeness (QED) is 0.637. The molecule has 3 rings (SSSR count). The first kappa shape index (κ1) is 22.8. The number of piperidine rings is 1. The molecule has 1 aliphatic heterocycles. The monoisotopic (exact) mass is 448 g/mol. The summed E-state index contributed by atoms with van der Waals surface area (Å²) in [4.78, 5) is 12.7. The molecule has 1 N–H and O–H groups in total. The Labute approximate surface area is 184 Å². The zero-order chi connectivity index (χ0) is 21.7. The molecule has 0 aromatic heterocycles. The number of rotatable bonds is 7. The molecule has 30 heavy (non-hydrogen) atoms. The first-order chi connectivity index (χ1) is 14.3. The molecular weight excluding hydrogens is 420 g/mol. The summed E-state index contributed by atoms with van der Waals surface area (Å²) in [5.74, 6) is 0.177. The number of nitrogens with one attached hydrogen (secondary N) is 1. The number of sulfonamides is 1. The van der Waals surface area contributed by atoms with Gasteiger partial charge in [-0.2, -0.15) is 4.31 Å². The van der Waals surface area contributed by atoms with Crippen LogP contribution in [0.1, 0.15) is 47.7 Å². The van der Waals surface area contributed by atoms with Gasteiger partial charge in [0.15, 0.2) is 0 Å². The zero-order valence-electron chi connectivity index (χ0n) is 17.5. The standard InChI is InChI=1S/C23H29ClN2O3S/c1-17-5-7-19(8-6-17)4-3-13-25-23(27)21-16-20(9-10-22(21)24)30(28,29)26-14-11-18(2)12-15-26/h5-10,16,18H,3-4,11-15H2,1-2H3,(H,25,27). The Kier molecular flexibility index (Phi) is 7.55. The normalized spacial score (nSPS) is 15.8. The van der Waals surface area contributed by atoms with Crippen LogP contribution >= 0.6 is 11.6 Å². The van der Waals surface area contributed by atoms with E-state index >= 15 is 0 Å². The van der Waals surface area contributed by atoms with Crippen molar-refractivity contribution in [1.29, 1.82) is 0 Å². The van der Waals surface area contributed by atoms with E-state index in [1.165, 1.54) is 33.6 Å². The molecule has 1 heterocycles. The van der Waals surface area contributed by atoms with E-state index in [1.807, 2.05) is 6.92 Å². The third-order valence-corrected chi connectivity index (χ3v) is 7.84. The summed E-state index contributed by atoms with van der Waals surface area (Å²) < 4.78 is 27.4. The van der Waals surface area contributed by atoms with Gasteiger partial charge < -0.3 is 5.32 Å². The lowest BCUT2D eigenvalue weighted by Crippen LogP contribution is -2.38. The van der Waals surface area contributed by atoms with Crippen molar-refractivity contribution in [2.24, 2.45) is 5.92 Å². The van der Waals surface area contributed by atoms with Crippen LogP contribution in [0.25, 0.3) is 0 Å². The molecule has 1 amide bonds. The smallest absolute Gasteiger partial charge is 0.252 e. The lowest BCUT2D eigenvalue weighted by atomic mass is 10.0. The number of carbonyl (C=O) groups is 1. The van der Waals surface area contributed by atoms with Crippen molar-refractivity contribution in [2.45, 2.75) is 44.4 Å². The highest BCUT2D eigenvalue weighted by Crippen LogP contribution is 2.26. The van der Waals surface area contributed by atoms with Crippen LogP contribution in [0.15, 0.2) is 47.4 Å². The second kappa shape index (κ2) is 9.94. The molecule has 162 valence electrons. The minimum atomic E-state index is -3.63. The molecule has 0 unspecified atom stereocenters. The third-order valence-electron chi connectivity index (χ3n) is 5.61. The highest BCUT2D eigenvalue weighted by Gasteiger charge is 2.29. The van der Waals surface area contributed by atoms with Crippen LogP contribution in [0.4, 0.5) is 0 Å². The summed E-state index contributed by atoms with van der Waals surface area (Å²) in [7, 11) is -3.63. The van der Waals surface area contributed by atoms with Crippen molar-refractivity contribution >= 4 is 27.5 Å². The Hall–Kier alpha value is -1.89. The van der Waals surface area contributed by atoms with Crippen molar-refractivity contribution in [3.8, 4) is 0 Å². The Bertz CT molecular complexity index is 982. The van der Waals surface area contributed by atoms with E-state index in [2.05, 4.69) is 36.5 Å². The van der Waals surface area contributed by atoms with E-state index < -0.39 is 10.0 Å². The molecule has 0 bridgehead atoms. The maximum Gasteiger partial charge on any atom is 0.252 e. The van der Waals surface area contributed by atoms with Crippen LogP contribution in [-0.2, 0) is 16.4 Å². The lowest BCUT2D eigenvalue weighted by molar-refractivity contribution is 0.0953. The number of benzene rings is 2. The minimum absolute atomic E-state index is 0.117. The molecule has 0 aliphatic carbocycles. The molecule has 0 saturated carbocycles. The SMILES string of the molecule is Cc1ccc(CCCNC(=O)c2cc(S(=O)(=O)N3CCC(C)CC3)ccc2Cl)cc1. The van der Waals surface area contributed by atoms with Crippen molar-refractivity contribution in [1.82, 2.24) is 9.62 Å². The van der Waals surface area contributed by atoms with E-state index in [4.69, 9.17) is 11.6 Å². The predicted molar refractivity (Wildman–Crippen MR) is 120 cm³/mol. The summed E-state index contributed by atoms with van der Waals surface area (Å²) >= 11 is 6.20. The number of amides is 1. The van der Waals surface area contributed by atoms with Gasteiger partial charge in [0, 0.05) is 19.6 Å². The summed E-state index contributed by atoms with van der Waals surface area (Å²) in [6.45, 7) is 5.69. The topological polar surface area (TPSA) is 66.5 Å². The van der Waals surface area contributed by atoms with Crippen LogP contribution in [0.3, 0.4) is 0 Å². The molecule has 7 heteroatoms. The highest BCUT2D eigenvalue weighted by molar-refractivity contribution is 7.89. The molecular formula is C23H29ClN2O3S. The van der Waals surface area contributed by atoms with Gasteiger partial charge in [0.25, 0.3) is 5.91 Å². The number of halogens is 1. The number of aryl methyl sites for hydroxylation is 2. The molecule has 2 aromatic rings. The fourth-order valence-electron chi connectivity index (χ4n) is 3.56. The number of carbonyl (C=O) groups excluding carboxylic acids is 1. The lowest BCUT2D eigenvalue weighted by Gasteiger charge is -2.29. The molecule has 0 atom stereocenters. The first-order valence-electron chi connectivity index (χ1n) is 10.4. The van der Waals surface area contributed by atoms with Gasteiger partial charge in [0.2, 0.25) is 10.0 Å². The fraction of sp³-hybridized carbons (Fsp3) is 0.435. The zero-order valence-corrected chi connectivity index (χ0v) is 19.1. The maximum absolute atomic E-state index is 13.0. The van der Waals surface area contributed by atoms with Crippen LogP contribution in [-0.4, -0.2) is 38.3 Å². The molecule has 0 spiro atoms. The average Bonchev–Trinajstić information content (AvgIpc) is 2.73. The van der Waals surface area contributed by atoms with Crippen molar-refractivity contribution in [3.63, 3.8) is 0 Å². The Balaban J connectivity index is 1.62. The van der Waals surface area contributed by atoms with Crippen molar-refractivity contribution < 1.29 is 13.2 Å². The van der Waals surface area contributed by atoms with Crippen molar-refractivity contribution in [2.75, 3.05) is 19.6 Å². The van der Waals surface area contributed by atoms with Crippen LogP contribution in [0, 0.1) is 12.8 Å². The highest BCUT2D eigenvalue weighted by atomic mass is 35.5. The average molecular weight is 449 g/mol. The summed E-state index contributed by atoms with van der Waals surface area (Å²) in [5.41, 5.74) is 2.63. The van der Waals surface area contributed by atoms with Crippen LogP contribution < -0.4 is 5.32 Å². The minimum Gasteiger partial charge on any atom is -0.352 e. The van der Waals surface area contributed by atoms with Crippen LogP contribution in [0.2, 0.25) is 5.02 Å². The predicted octanol–water partition coefficient (Wildman–Crippen LogP) is 4.43.